The van der Waals surface area contributed by atoms with E-state index in [9.17, 15) is 14.4 Å². The molecule has 1 aliphatic rings. The molecule has 19 heavy (non-hydrogen) atoms. The molecule has 1 rings (SSSR count). The molecule has 0 radical (unpaired) electrons. The van der Waals surface area contributed by atoms with Crippen LogP contribution < -0.4 is 5.32 Å². The third-order valence-electron chi connectivity index (χ3n) is 3.52. The van der Waals surface area contributed by atoms with Gasteiger partial charge in [0.15, 0.2) is 0 Å². The second-order valence-electron chi connectivity index (χ2n) is 4.71. The van der Waals surface area contributed by atoms with Gasteiger partial charge in [0.2, 0.25) is 11.8 Å². The minimum atomic E-state index is -1.28. The van der Waals surface area contributed by atoms with Crippen LogP contribution in [-0.4, -0.2) is 29.8 Å². The van der Waals surface area contributed by atoms with Crippen LogP contribution in [0.4, 0.5) is 4.79 Å². The molecule has 1 saturated heterocycles. The van der Waals surface area contributed by atoms with Crippen molar-refractivity contribution in [3.05, 3.63) is 24.8 Å². The van der Waals surface area contributed by atoms with E-state index < -0.39 is 23.3 Å². The summed E-state index contributed by atoms with van der Waals surface area (Å²) in [6, 6.07) is -0.679. The molecular weight excluding hydrogens is 244 g/mol. The molecule has 0 aliphatic carbocycles. The number of hydrogen-bond acceptors (Lipinski definition) is 3. The molecule has 4 amide bonds. The quantitative estimate of drug-likeness (QED) is 0.609. The fourth-order valence-electron chi connectivity index (χ4n) is 2.28. The van der Waals surface area contributed by atoms with E-state index in [1.165, 1.54) is 13.1 Å². The Hall–Kier alpha value is -1.91. The monoisotopic (exact) mass is 264 g/mol. The van der Waals surface area contributed by atoms with Gasteiger partial charge in [-0.1, -0.05) is 32.1 Å². The molecule has 2 atom stereocenters. The van der Waals surface area contributed by atoms with Gasteiger partial charge in [-0.05, 0) is 18.8 Å². The van der Waals surface area contributed by atoms with Crippen LogP contribution in [0.15, 0.2) is 24.8 Å². The number of imide groups is 2. The van der Waals surface area contributed by atoms with Crippen molar-refractivity contribution in [2.45, 2.75) is 26.7 Å². The zero-order chi connectivity index (χ0) is 14.6. The molecule has 2 unspecified atom stereocenters. The maximum Gasteiger partial charge on any atom is 0.330 e. The number of nitrogens with zero attached hydrogens (tertiary/aromatic N) is 1. The highest BCUT2D eigenvalue weighted by atomic mass is 16.2. The average Bonchev–Trinajstić information content (AvgIpc) is 2.38. The second-order valence-corrected chi connectivity index (χ2v) is 4.71. The molecule has 0 aromatic carbocycles. The summed E-state index contributed by atoms with van der Waals surface area (Å²) in [6.07, 6.45) is 6.30. The van der Waals surface area contributed by atoms with Gasteiger partial charge in [0.25, 0.3) is 0 Å². The number of hydrogen-bond donors (Lipinski definition) is 1. The summed E-state index contributed by atoms with van der Waals surface area (Å²) in [5.41, 5.74) is -1.28. The standard InChI is InChI=1S/C14H20N2O3/c1-5-7-8-10(3)14(9-6-2)11(17)15-13(19)16(4)12(14)18/h6-8,10H,2,5,9H2,1,3-4H3,(H,15,17,19)/b8-7+. The van der Waals surface area contributed by atoms with E-state index >= 15 is 0 Å². The Morgan fingerprint density at radius 3 is 2.58 bits per heavy atom. The predicted octanol–water partition coefficient (Wildman–Crippen LogP) is 1.86. The van der Waals surface area contributed by atoms with Gasteiger partial charge in [0, 0.05) is 7.05 Å². The number of allylic oxidation sites excluding steroid dienone is 3. The third-order valence-corrected chi connectivity index (χ3v) is 3.52. The van der Waals surface area contributed by atoms with Crippen LogP contribution in [0.3, 0.4) is 0 Å². The van der Waals surface area contributed by atoms with E-state index in [0.29, 0.717) is 0 Å². The lowest BCUT2D eigenvalue weighted by Gasteiger charge is -2.40. The zero-order valence-electron chi connectivity index (χ0n) is 11.6. The Morgan fingerprint density at radius 1 is 1.42 bits per heavy atom. The number of carbonyl (C=O) groups excluding carboxylic acids is 3. The van der Waals surface area contributed by atoms with E-state index in [4.69, 9.17) is 0 Å². The van der Waals surface area contributed by atoms with Gasteiger partial charge in [-0.15, -0.1) is 6.58 Å². The highest BCUT2D eigenvalue weighted by Crippen LogP contribution is 2.37. The lowest BCUT2D eigenvalue weighted by atomic mass is 9.70. The van der Waals surface area contributed by atoms with Crippen LogP contribution in [0, 0.1) is 11.3 Å². The van der Waals surface area contributed by atoms with E-state index in [0.717, 1.165) is 11.3 Å². The number of nitrogens with one attached hydrogen (secondary N) is 1. The Morgan fingerprint density at radius 2 is 2.05 bits per heavy atom. The van der Waals surface area contributed by atoms with E-state index in [-0.39, 0.29) is 12.3 Å². The summed E-state index contributed by atoms with van der Waals surface area (Å²) in [7, 11) is 1.37. The second kappa shape index (κ2) is 5.82. The molecule has 1 aliphatic heterocycles. The molecule has 1 fully saturated rings. The topological polar surface area (TPSA) is 66.5 Å². The molecular formula is C14H20N2O3. The van der Waals surface area contributed by atoms with E-state index in [1.54, 1.807) is 6.92 Å². The minimum Gasteiger partial charge on any atom is -0.277 e. The first-order chi connectivity index (χ1) is 8.91. The van der Waals surface area contributed by atoms with Crippen molar-refractivity contribution in [1.29, 1.82) is 0 Å². The number of urea groups is 1. The molecule has 104 valence electrons. The highest BCUT2D eigenvalue weighted by molar-refractivity contribution is 6.19. The summed E-state index contributed by atoms with van der Waals surface area (Å²) in [5.74, 6) is -1.34. The molecule has 5 nitrogen and oxygen atoms in total. The maximum absolute atomic E-state index is 12.4. The summed E-state index contributed by atoms with van der Waals surface area (Å²) in [4.78, 5) is 37.1. The van der Waals surface area contributed by atoms with Crippen LogP contribution in [0.2, 0.25) is 0 Å². The number of amides is 4. The molecule has 0 saturated carbocycles. The van der Waals surface area contributed by atoms with Crippen LogP contribution in [0.5, 0.6) is 0 Å². The lowest BCUT2D eigenvalue weighted by Crippen LogP contribution is -2.64. The molecule has 1 heterocycles. The molecule has 0 aromatic heterocycles. The minimum absolute atomic E-state index is 0.199. The van der Waals surface area contributed by atoms with Gasteiger partial charge in [0.1, 0.15) is 5.41 Å². The Labute approximate surface area is 113 Å². The molecule has 0 aromatic rings. The zero-order valence-corrected chi connectivity index (χ0v) is 11.6. The first-order valence-electron chi connectivity index (χ1n) is 6.32. The van der Waals surface area contributed by atoms with E-state index in [2.05, 4.69) is 11.9 Å². The van der Waals surface area contributed by atoms with Crippen LogP contribution in [0.1, 0.15) is 26.7 Å². The van der Waals surface area contributed by atoms with Crippen molar-refractivity contribution in [3.63, 3.8) is 0 Å². The average molecular weight is 264 g/mol. The van der Waals surface area contributed by atoms with Crippen molar-refractivity contribution >= 4 is 17.8 Å². The summed E-state index contributed by atoms with van der Waals surface area (Å²) in [5, 5.41) is 2.24. The molecule has 1 N–H and O–H groups in total. The van der Waals surface area contributed by atoms with Gasteiger partial charge in [0.05, 0.1) is 0 Å². The number of carbonyl (C=O) groups is 3. The smallest absolute Gasteiger partial charge is 0.277 e. The summed E-state index contributed by atoms with van der Waals surface area (Å²) in [6.45, 7) is 7.39. The van der Waals surface area contributed by atoms with Gasteiger partial charge in [-0.25, -0.2) is 4.79 Å². The van der Waals surface area contributed by atoms with Crippen molar-refractivity contribution in [1.82, 2.24) is 10.2 Å². The van der Waals surface area contributed by atoms with Crippen molar-refractivity contribution in [2.24, 2.45) is 11.3 Å². The Kier molecular flexibility index (Phi) is 4.64. The van der Waals surface area contributed by atoms with Crippen LogP contribution in [0.25, 0.3) is 0 Å². The van der Waals surface area contributed by atoms with Crippen LogP contribution in [-0.2, 0) is 9.59 Å². The van der Waals surface area contributed by atoms with E-state index in [1.807, 2.05) is 19.1 Å². The number of barbiturate groups is 1. The Balaban J connectivity index is 3.26. The number of rotatable bonds is 5. The fourth-order valence-corrected chi connectivity index (χ4v) is 2.28. The lowest BCUT2D eigenvalue weighted by molar-refractivity contribution is -0.153. The summed E-state index contributed by atoms with van der Waals surface area (Å²) < 4.78 is 0. The van der Waals surface area contributed by atoms with Gasteiger partial charge >= 0.3 is 6.03 Å². The van der Waals surface area contributed by atoms with Crippen LogP contribution >= 0.6 is 0 Å². The largest absolute Gasteiger partial charge is 0.330 e. The van der Waals surface area contributed by atoms with Gasteiger partial charge < -0.3 is 0 Å². The third kappa shape index (κ3) is 2.45. The SMILES string of the molecule is C=CCC1(C(C)/C=C/CC)C(=O)NC(=O)N(C)C1=O. The molecule has 0 spiro atoms. The maximum atomic E-state index is 12.4. The normalized spacial score (nSPS) is 25.6. The summed E-state index contributed by atoms with van der Waals surface area (Å²) >= 11 is 0. The van der Waals surface area contributed by atoms with Crippen molar-refractivity contribution in [2.75, 3.05) is 7.05 Å². The first kappa shape index (κ1) is 15.1. The van der Waals surface area contributed by atoms with Gasteiger partial charge in [-0.2, -0.15) is 0 Å². The predicted molar refractivity (Wildman–Crippen MR) is 72.2 cm³/mol. The van der Waals surface area contributed by atoms with Crippen molar-refractivity contribution in [3.8, 4) is 0 Å². The fraction of sp³-hybridized carbons (Fsp3) is 0.500. The van der Waals surface area contributed by atoms with Gasteiger partial charge in [-0.3, -0.25) is 19.8 Å². The van der Waals surface area contributed by atoms with Crippen molar-refractivity contribution < 1.29 is 14.4 Å². The Bertz CT molecular complexity index is 442. The molecule has 0 bridgehead atoms. The molecule has 5 heteroatoms. The highest BCUT2D eigenvalue weighted by Gasteiger charge is 2.54. The first-order valence-corrected chi connectivity index (χ1v) is 6.32.